The number of aryl methyl sites for hydroxylation is 3. The molecule has 0 fully saturated rings. The van der Waals surface area contributed by atoms with Crippen LogP contribution in [0.1, 0.15) is 58.1 Å². The molecular weight excluding hydrogens is 426 g/mol. The van der Waals surface area contributed by atoms with Gasteiger partial charge >= 0.3 is 168 Å². The zero-order valence-electron chi connectivity index (χ0n) is 15.4. The Hall–Kier alpha value is -0.357. The zero-order chi connectivity index (χ0) is 18.1. The molecule has 131 valence electrons. The fourth-order valence-corrected chi connectivity index (χ4v) is 9.70. The first-order valence-corrected chi connectivity index (χ1v) is 16.8. The molecule has 0 aliphatic heterocycles. The molecular formula is C22H25Cl2Zr. The van der Waals surface area contributed by atoms with Crippen LogP contribution in [0.2, 0.25) is 0 Å². The second-order valence-electron chi connectivity index (χ2n) is 7.02. The summed E-state index contributed by atoms with van der Waals surface area (Å²) in [6.07, 6.45) is 5.66. The second-order valence-corrected chi connectivity index (χ2v) is 15.8. The van der Waals surface area contributed by atoms with Gasteiger partial charge in [-0.2, -0.15) is 0 Å². The van der Waals surface area contributed by atoms with Crippen molar-refractivity contribution in [1.82, 2.24) is 0 Å². The molecule has 1 atom stereocenters. The third kappa shape index (κ3) is 3.85. The summed E-state index contributed by atoms with van der Waals surface area (Å²) in [5.41, 5.74) is 11.0. The van der Waals surface area contributed by atoms with Gasteiger partial charge in [-0.05, 0) is 0 Å². The normalized spacial score (nSPS) is 15.9. The van der Waals surface area contributed by atoms with E-state index in [0.29, 0.717) is 3.63 Å². The van der Waals surface area contributed by atoms with E-state index < -0.39 is 19.4 Å². The number of allylic oxidation sites excluding steroid dienone is 1. The van der Waals surface area contributed by atoms with Gasteiger partial charge in [0.05, 0.1) is 0 Å². The summed E-state index contributed by atoms with van der Waals surface area (Å²) >= 11 is -2.42. The van der Waals surface area contributed by atoms with Crippen LogP contribution < -0.4 is 0 Å². The van der Waals surface area contributed by atoms with Gasteiger partial charge in [-0.15, -0.1) is 0 Å². The molecule has 2 aromatic rings. The van der Waals surface area contributed by atoms with Crippen LogP contribution in [0.15, 0.2) is 35.9 Å². The minimum atomic E-state index is -2.42. The summed E-state index contributed by atoms with van der Waals surface area (Å²) in [6, 6.07) is 11.5. The maximum atomic E-state index is 6.56. The molecule has 0 saturated heterocycles. The van der Waals surface area contributed by atoms with E-state index in [1.54, 1.807) is 0 Å². The van der Waals surface area contributed by atoms with Crippen LogP contribution in [0, 0.1) is 13.8 Å². The Morgan fingerprint density at radius 1 is 1.00 bits per heavy atom. The first-order chi connectivity index (χ1) is 12.0. The maximum absolute atomic E-state index is 6.56. The molecule has 3 rings (SSSR count). The van der Waals surface area contributed by atoms with Crippen molar-refractivity contribution < 1.29 is 19.4 Å². The Morgan fingerprint density at radius 2 is 1.68 bits per heavy atom. The third-order valence-electron chi connectivity index (χ3n) is 5.03. The van der Waals surface area contributed by atoms with Gasteiger partial charge in [0.15, 0.2) is 0 Å². The number of hydrogen-bond donors (Lipinski definition) is 0. The Labute approximate surface area is 167 Å². The molecule has 0 spiro atoms. The van der Waals surface area contributed by atoms with Crippen LogP contribution in [-0.4, -0.2) is 0 Å². The van der Waals surface area contributed by atoms with E-state index in [0.717, 1.165) is 19.3 Å². The van der Waals surface area contributed by atoms with Crippen molar-refractivity contribution in [2.45, 2.75) is 50.6 Å². The van der Waals surface area contributed by atoms with E-state index in [4.69, 9.17) is 17.0 Å². The van der Waals surface area contributed by atoms with Crippen LogP contribution in [0.4, 0.5) is 0 Å². The van der Waals surface area contributed by atoms with E-state index >= 15 is 0 Å². The quantitative estimate of drug-likeness (QED) is 0.437. The predicted molar refractivity (Wildman–Crippen MR) is 108 cm³/mol. The van der Waals surface area contributed by atoms with Gasteiger partial charge in [0, 0.05) is 0 Å². The van der Waals surface area contributed by atoms with Gasteiger partial charge in [0.1, 0.15) is 0 Å². The molecule has 0 aromatic heterocycles. The van der Waals surface area contributed by atoms with Gasteiger partial charge in [0.2, 0.25) is 0 Å². The number of benzene rings is 2. The van der Waals surface area contributed by atoms with Crippen LogP contribution >= 0.6 is 17.0 Å². The Kier molecular flexibility index (Phi) is 6.30. The molecule has 0 N–H and O–H groups in total. The SMILES string of the molecule is CCCc1ccc2c(c1-c1cc(C)cc(C)c1)C=C(CC)[CH]2[Zr]([Cl])[Cl]. The second kappa shape index (κ2) is 8.12. The molecule has 3 heteroatoms. The molecule has 0 radical (unpaired) electrons. The fraction of sp³-hybridized carbons (Fsp3) is 0.364. The molecule has 0 heterocycles. The van der Waals surface area contributed by atoms with Gasteiger partial charge in [-0.1, -0.05) is 0 Å². The molecule has 0 bridgehead atoms. The summed E-state index contributed by atoms with van der Waals surface area (Å²) in [5, 5.41) is 0. The molecule has 0 amide bonds. The first kappa shape index (κ1) is 19.4. The summed E-state index contributed by atoms with van der Waals surface area (Å²) < 4.78 is 0.311. The Bertz CT molecular complexity index is 801. The number of rotatable bonds is 5. The van der Waals surface area contributed by atoms with Crippen molar-refractivity contribution in [1.29, 1.82) is 0 Å². The summed E-state index contributed by atoms with van der Waals surface area (Å²) in [6.45, 7) is 8.82. The van der Waals surface area contributed by atoms with Crippen molar-refractivity contribution in [3.63, 3.8) is 0 Å². The van der Waals surface area contributed by atoms with E-state index in [2.05, 4.69) is 64.1 Å². The van der Waals surface area contributed by atoms with Gasteiger partial charge in [0.25, 0.3) is 0 Å². The molecule has 2 aromatic carbocycles. The third-order valence-corrected chi connectivity index (χ3v) is 10.4. The summed E-state index contributed by atoms with van der Waals surface area (Å²) in [4.78, 5) is 0. The van der Waals surface area contributed by atoms with Gasteiger partial charge in [-0.25, -0.2) is 0 Å². The van der Waals surface area contributed by atoms with Gasteiger partial charge < -0.3 is 0 Å². The van der Waals surface area contributed by atoms with E-state index in [1.807, 2.05) is 0 Å². The monoisotopic (exact) mass is 449 g/mol. The van der Waals surface area contributed by atoms with Gasteiger partial charge in [-0.3, -0.25) is 0 Å². The summed E-state index contributed by atoms with van der Waals surface area (Å²) in [5.74, 6) is 0. The average molecular weight is 452 g/mol. The van der Waals surface area contributed by atoms with Crippen molar-refractivity contribution >= 4 is 23.1 Å². The average Bonchev–Trinajstić information content (AvgIpc) is 2.92. The van der Waals surface area contributed by atoms with Crippen LogP contribution in [0.25, 0.3) is 17.2 Å². The number of halogens is 2. The first-order valence-electron chi connectivity index (χ1n) is 9.09. The molecule has 0 nitrogen and oxygen atoms in total. The van der Waals surface area contributed by atoms with E-state index in [1.165, 1.54) is 44.5 Å². The standard InChI is InChI=1S/C22H25.2ClH.Zr/c1-5-7-18-8-9-19-13-17(6-2)14-21(19)22(18)20-11-15(3)10-16(4)12-20;;;/h8-14H,5-7H2,1-4H3;2*1H;/q;;;+2/p-2. The van der Waals surface area contributed by atoms with Crippen molar-refractivity contribution in [3.8, 4) is 11.1 Å². The van der Waals surface area contributed by atoms with Crippen molar-refractivity contribution in [2.75, 3.05) is 0 Å². The molecule has 25 heavy (non-hydrogen) atoms. The Balaban J connectivity index is 2.28. The van der Waals surface area contributed by atoms with Crippen molar-refractivity contribution in [3.05, 3.63) is 63.7 Å². The molecule has 0 saturated carbocycles. The molecule has 1 aliphatic rings. The molecule has 1 unspecified atom stereocenters. The fourth-order valence-electron chi connectivity index (χ4n) is 4.06. The topological polar surface area (TPSA) is 0 Å². The van der Waals surface area contributed by atoms with Crippen LogP contribution in [0.5, 0.6) is 0 Å². The van der Waals surface area contributed by atoms with E-state index in [-0.39, 0.29) is 0 Å². The van der Waals surface area contributed by atoms with Crippen LogP contribution in [-0.2, 0) is 25.8 Å². The van der Waals surface area contributed by atoms with Crippen LogP contribution in [0.3, 0.4) is 0 Å². The number of fused-ring (bicyclic) bond motifs is 1. The minimum absolute atomic E-state index is 0.311. The Morgan fingerprint density at radius 3 is 2.24 bits per heavy atom. The number of hydrogen-bond acceptors (Lipinski definition) is 0. The predicted octanol–water partition coefficient (Wildman–Crippen LogP) is 7.70. The van der Waals surface area contributed by atoms with E-state index in [9.17, 15) is 0 Å². The summed E-state index contributed by atoms with van der Waals surface area (Å²) in [7, 11) is 13.1. The zero-order valence-corrected chi connectivity index (χ0v) is 19.4. The van der Waals surface area contributed by atoms with Crippen molar-refractivity contribution in [2.24, 2.45) is 0 Å². The molecule has 1 aliphatic carbocycles.